The summed E-state index contributed by atoms with van der Waals surface area (Å²) in [7, 11) is 0. The average Bonchev–Trinajstić information content (AvgIpc) is 3.27. The summed E-state index contributed by atoms with van der Waals surface area (Å²) in [4.78, 5) is 23.1. The third-order valence-corrected chi connectivity index (χ3v) is 4.96. The van der Waals surface area contributed by atoms with Crippen molar-refractivity contribution < 1.29 is 9.53 Å². The van der Waals surface area contributed by atoms with E-state index in [0.29, 0.717) is 30.4 Å². The molecule has 1 aromatic carbocycles. The van der Waals surface area contributed by atoms with E-state index in [2.05, 4.69) is 36.5 Å². The van der Waals surface area contributed by atoms with Gasteiger partial charge in [0.05, 0.1) is 24.1 Å². The molecule has 1 unspecified atom stereocenters. The summed E-state index contributed by atoms with van der Waals surface area (Å²) in [6, 6.07) is 5.68. The van der Waals surface area contributed by atoms with Crippen LogP contribution in [0.15, 0.2) is 41.4 Å². The van der Waals surface area contributed by atoms with Crippen LogP contribution < -0.4 is 15.5 Å². The predicted molar refractivity (Wildman–Crippen MR) is 95.0 cm³/mol. The molecule has 25 heavy (non-hydrogen) atoms. The van der Waals surface area contributed by atoms with Crippen LogP contribution in [0.4, 0.5) is 17.2 Å². The molecule has 4 heterocycles. The Morgan fingerprint density at radius 1 is 1.36 bits per heavy atom. The van der Waals surface area contributed by atoms with Crippen LogP contribution in [0, 0.1) is 0 Å². The van der Waals surface area contributed by atoms with Gasteiger partial charge < -0.3 is 20.3 Å². The second-order valence-corrected chi connectivity index (χ2v) is 6.68. The standard InChI is InChI=1S/C16H13BrN6O2/c17-12-6-19-14(15-18-3-4-22(12)15)20-9-1-2-11-10(5-9)16(24)21-13-7-25-8-23(11)13/h1-6,13H,7-8H2,(H,19,20)(H,21,24). The lowest BCUT2D eigenvalue weighted by atomic mass is 10.1. The number of hydrogen-bond donors (Lipinski definition) is 2. The van der Waals surface area contributed by atoms with Crippen molar-refractivity contribution >= 4 is 44.7 Å². The van der Waals surface area contributed by atoms with E-state index < -0.39 is 0 Å². The Labute approximate surface area is 150 Å². The van der Waals surface area contributed by atoms with Crippen LogP contribution in [-0.4, -0.2) is 39.8 Å². The van der Waals surface area contributed by atoms with Gasteiger partial charge in [0.1, 0.15) is 17.5 Å². The second-order valence-electron chi connectivity index (χ2n) is 5.87. The van der Waals surface area contributed by atoms with Gasteiger partial charge in [0.15, 0.2) is 11.5 Å². The number of benzene rings is 1. The molecule has 5 rings (SSSR count). The Bertz CT molecular complexity index is 1000. The normalized spacial score (nSPS) is 18.8. The number of carbonyl (C=O) groups excluding carboxylic acids is 1. The zero-order valence-electron chi connectivity index (χ0n) is 12.9. The highest BCUT2D eigenvalue weighted by molar-refractivity contribution is 9.10. The third kappa shape index (κ3) is 2.27. The summed E-state index contributed by atoms with van der Waals surface area (Å²) >= 11 is 3.44. The fourth-order valence-corrected chi connectivity index (χ4v) is 3.58. The maximum absolute atomic E-state index is 12.4. The molecular formula is C16H13BrN6O2. The number of amides is 1. The number of rotatable bonds is 2. The van der Waals surface area contributed by atoms with Crippen molar-refractivity contribution in [1.29, 1.82) is 0 Å². The first-order valence-electron chi connectivity index (χ1n) is 7.74. The Morgan fingerprint density at radius 2 is 2.28 bits per heavy atom. The predicted octanol–water partition coefficient (Wildman–Crippen LogP) is 2.10. The van der Waals surface area contributed by atoms with Crippen LogP contribution in [0.1, 0.15) is 10.4 Å². The number of imidazole rings is 1. The van der Waals surface area contributed by atoms with Gasteiger partial charge in [-0.15, -0.1) is 0 Å². The maximum Gasteiger partial charge on any atom is 0.255 e. The summed E-state index contributed by atoms with van der Waals surface area (Å²) in [6.07, 6.45) is 5.17. The summed E-state index contributed by atoms with van der Waals surface area (Å²) in [6.45, 7) is 0.986. The van der Waals surface area contributed by atoms with Gasteiger partial charge in [-0.25, -0.2) is 9.97 Å². The minimum absolute atomic E-state index is 0.0866. The van der Waals surface area contributed by atoms with E-state index in [1.54, 1.807) is 12.4 Å². The molecule has 0 radical (unpaired) electrons. The molecule has 0 aliphatic carbocycles. The molecule has 3 aromatic rings. The summed E-state index contributed by atoms with van der Waals surface area (Å²) in [5.74, 6) is 0.520. The highest BCUT2D eigenvalue weighted by atomic mass is 79.9. The topological polar surface area (TPSA) is 83.8 Å². The lowest BCUT2D eigenvalue weighted by Gasteiger charge is -2.32. The van der Waals surface area contributed by atoms with Crippen molar-refractivity contribution in [3.8, 4) is 0 Å². The number of nitrogens with one attached hydrogen (secondary N) is 2. The number of ether oxygens (including phenoxy) is 1. The molecular weight excluding hydrogens is 388 g/mol. The first kappa shape index (κ1) is 14.7. The van der Waals surface area contributed by atoms with E-state index in [1.807, 2.05) is 33.7 Å². The van der Waals surface area contributed by atoms with Crippen molar-refractivity contribution in [3.63, 3.8) is 0 Å². The Hall–Kier alpha value is -2.65. The molecule has 0 saturated carbocycles. The number of fused-ring (bicyclic) bond motifs is 4. The minimum atomic E-state index is -0.0971. The van der Waals surface area contributed by atoms with Crippen molar-refractivity contribution in [2.75, 3.05) is 23.6 Å². The SMILES string of the molecule is O=C1NC2COCN2c2ccc(Nc3ncc(Br)n4ccnc34)cc21. The van der Waals surface area contributed by atoms with Gasteiger partial charge in [0, 0.05) is 18.1 Å². The van der Waals surface area contributed by atoms with Gasteiger partial charge in [0.25, 0.3) is 5.91 Å². The zero-order valence-corrected chi connectivity index (χ0v) is 14.5. The van der Waals surface area contributed by atoms with Crippen molar-refractivity contribution in [2.24, 2.45) is 0 Å². The molecule has 1 atom stereocenters. The largest absolute Gasteiger partial charge is 0.357 e. The number of hydrogen-bond acceptors (Lipinski definition) is 6. The smallest absolute Gasteiger partial charge is 0.255 e. The highest BCUT2D eigenvalue weighted by Gasteiger charge is 2.34. The molecule has 8 nitrogen and oxygen atoms in total. The number of halogens is 1. The maximum atomic E-state index is 12.4. The molecule has 2 N–H and O–H groups in total. The molecule has 1 fully saturated rings. The van der Waals surface area contributed by atoms with Crippen LogP contribution in [0.2, 0.25) is 0 Å². The molecule has 0 bridgehead atoms. The van der Waals surface area contributed by atoms with E-state index >= 15 is 0 Å². The van der Waals surface area contributed by atoms with E-state index in [-0.39, 0.29) is 12.1 Å². The molecule has 2 aromatic heterocycles. The monoisotopic (exact) mass is 400 g/mol. The van der Waals surface area contributed by atoms with Crippen LogP contribution in [0.25, 0.3) is 5.65 Å². The summed E-state index contributed by atoms with van der Waals surface area (Å²) in [5, 5.41) is 6.20. The molecule has 9 heteroatoms. The van der Waals surface area contributed by atoms with Crippen molar-refractivity contribution in [1.82, 2.24) is 19.7 Å². The van der Waals surface area contributed by atoms with Crippen molar-refractivity contribution in [3.05, 3.63) is 47.0 Å². The van der Waals surface area contributed by atoms with Gasteiger partial charge in [0.2, 0.25) is 0 Å². The molecule has 2 aliphatic rings. The van der Waals surface area contributed by atoms with E-state index in [1.165, 1.54) is 0 Å². The fraction of sp³-hybridized carbons (Fsp3) is 0.188. The molecule has 0 spiro atoms. The summed E-state index contributed by atoms with van der Waals surface area (Å²) in [5.41, 5.74) is 2.96. The number of carbonyl (C=O) groups is 1. The van der Waals surface area contributed by atoms with Crippen LogP contribution in [-0.2, 0) is 4.74 Å². The molecule has 2 aliphatic heterocycles. The highest BCUT2D eigenvalue weighted by Crippen LogP contribution is 2.32. The van der Waals surface area contributed by atoms with E-state index in [4.69, 9.17) is 4.74 Å². The third-order valence-electron chi connectivity index (χ3n) is 4.38. The Morgan fingerprint density at radius 3 is 3.20 bits per heavy atom. The van der Waals surface area contributed by atoms with Crippen LogP contribution in [0.5, 0.6) is 0 Å². The van der Waals surface area contributed by atoms with E-state index in [0.717, 1.165) is 16.0 Å². The van der Waals surface area contributed by atoms with Crippen LogP contribution >= 0.6 is 15.9 Å². The fourth-order valence-electron chi connectivity index (χ4n) is 3.19. The van der Waals surface area contributed by atoms with Crippen molar-refractivity contribution in [2.45, 2.75) is 6.17 Å². The first-order chi connectivity index (χ1) is 12.2. The molecule has 126 valence electrons. The number of nitrogens with zero attached hydrogens (tertiary/aromatic N) is 4. The van der Waals surface area contributed by atoms with Gasteiger partial charge in [-0.05, 0) is 34.1 Å². The molecule has 1 amide bonds. The average molecular weight is 401 g/mol. The van der Waals surface area contributed by atoms with E-state index in [9.17, 15) is 4.79 Å². The Kier molecular flexibility index (Phi) is 3.19. The first-order valence-corrected chi connectivity index (χ1v) is 8.54. The van der Waals surface area contributed by atoms with Crippen LogP contribution in [0.3, 0.4) is 0 Å². The van der Waals surface area contributed by atoms with Gasteiger partial charge in [-0.3, -0.25) is 9.20 Å². The summed E-state index contributed by atoms with van der Waals surface area (Å²) < 4.78 is 8.14. The second kappa shape index (κ2) is 5.43. The lowest BCUT2D eigenvalue weighted by Crippen LogP contribution is -2.50. The van der Waals surface area contributed by atoms with Gasteiger partial charge >= 0.3 is 0 Å². The zero-order chi connectivity index (χ0) is 17.0. The number of anilines is 3. The van der Waals surface area contributed by atoms with Gasteiger partial charge in [-0.2, -0.15) is 0 Å². The number of aromatic nitrogens is 3. The molecule has 1 saturated heterocycles. The minimum Gasteiger partial charge on any atom is -0.357 e. The quantitative estimate of drug-likeness (QED) is 0.685. The lowest BCUT2D eigenvalue weighted by molar-refractivity contribution is 0.0925. The van der Waals surface area contributed by atoms with Gasteiger partial charge in [-0.1, -0.05) is 0 Å². The Balaban J connectivity index is 1.53.